The van der Waals surface area contributed by atoms with Crippen LogP contribution in [0, 0.1) is 0 Å². The molecule has 1 N–H and O–H groups in total. The fourth-order valence-corrected chi connectivity index (χ4v) is 3.46. The molecule has 8 heteroatoms. The summed E-state index contributed by atoms with van der Waals surface area (Å²) in [5, 5.41) is 16.6. The van der Waals surface area contributed by atoms with Crippen molar-refractivity contribution in [2.75, 3.05) is 5.43 Å². The zero-order valence-electron chi connectivity index (χ0n) is 20.6. The molecule has 0 bridgehead atoms. The lowest BCUT2D eigenvalue weighted by Gasteiger charge is -2.06. The van der Waals surface area contributed by atoms with E-state index >= 15 is 0 Å². The smallest absolute Gasteiger partial charge is 0.265 e. The molecule has 0 radical (unpaired) electrons. The van der Waals surface area contributed by atoms with Gasteiger partial charge in [-0.05, 0) is 70.8 Å². The minimum atomic E-state index is 0.392. The van der Waals surface area contributed by atoms with Crippen molar-refractivity contribution < 1.29 is 9.47 Å². The first-order valence-electron chi connectivity index (χ1n) is 12.1. The van der Waals surface area contributed by atoms with E-state index in [-0.39, 0.29) is 0 Å². The monoisotopic (exact) mass is 502 g/mol. The zero-order chi connectivity index (χ0) is 25.8. The van der Waals surface area contributed by atoms with Gasteiger partial charge in [-0.3, -0.25) is 0 Å². The van der Waals surface area contributed by atoms with Gasteiger partial charge in [0, 0.05) is 0 Å². The SMILES string of the molecule is C(=N\Nc1nncn1/N=C/c1ccc(OCc2ccccc2)cc1)/c1ccc(OCc2ccccc2)cc1. The molecule has 1 heterocycles. The Morgan fingerprint density at radius 2 is 1.18 bits per heavy atom. The normalized spacial score (nSPS) is 11.2. The van der Waals surface area contributed by atoms with Crippen LogP contribution in [0.15, 0.2) is 126 Å². The molecule has 0 unspecified atom stereocenters. The van der Waals surface area contributed by atoms with E-state index in [1.54, 1.807) is 12.4 Å². The predicted octanol–water partition coefficient (Wildman–Crippen LogP) is 5.76. The van der Waals surface area contributed by atoms with Crippen molar-refractivity contribution >= 4 is 18.4 Å². The molecule has 0 amide bonds. The van der Waals surface area contributed by atoms with Gasteiger partial charge in [-0.2, -0.15) is 14.9 Å². The van der Waals surface area contributed by atoms with E-state index in [1.807, 2.05) is 109 Å². The van der Waals surface area contributed by atoms with E-state index in [0.717, 1.165) is 33.8 Å². The maximum atomic E-state index is 5.83. The summed E-state index contributed by atoms with van der Waals surface area (Å²) in [4.78, 5) is 0. The molecular formula is C30H26N6O2. The summed E-state index contributed by atoms with van der Waals surface area (Å²) in [6, 6.07) is 35.5. The fourth-order valence-electron chi connectivity index (χ4n) is 3.46. The van der Waals surface area contributed by atoms with E-state index in [9.17, 15) is 0 Å². The molecule has 188 valence electrons. The maximum Gasteiger partial charge on any atom is 0.265 e. The van der Waals surface area contributed by atoms with E-state index < -0.39 is 0 Å². The number of anilines is 1. The van der Waals surface area contributed by atoms with Crippen LogP contribution in [0.2, 0.25) is 0 Å². The Balaban J connectivity index is 1.11. The summed E-state index contributed by atoms with van der Waals surface area (Å²) in [7, 11) is 0. The van der Waals surface area contributed by atoms with Crippen molar-refractivity contribution in [1.29, 1.82) is 0 Å². The molecule has 4 aromatic carbocycles. The lowest BCUT2D eigenvalue weighted by Crippen LogP contribution is -1.99. The first kappa shape index (κ1) is 24.5. The van der Waals surface area contributed by atoms with Gasteiger partial charge in [0.05, 0.1) is 12.4 Å². The second-order valence-corrected chi connectivity index (χ2v) is 8.30. The average molecular weight is 503 g/mol. The molecule has 38 heavy (non-hydrogen) atoms. The highest BCUT2D eigenvalue weighted by molar-refractivity contribution is 5.80. The van der Waals surface area contributed by atoms with Crippen LogP contribution in [0.1, 0.15) is 22.3 Å². The molecule has 5 rings (SSSR count). The second-order valence-electron chi connectivity index (χ2n) is 8.30. The maximum absolute atomic E-state index is 5.83. The molecular weight excluding hydrogens is 476 g/mol. The number of hydrogen-bond acceptors (Lipinski definition) is 7. The second kappa shape index (κ2) is 12.6. The third-order valence-corrected chi connectivity index (χ3v) is 5.50. The minimum Gasteiger partial charge on any atom is -0.489 e. The lowest BCUT2D eigenvalue weighted by molar-refractivity contribution is 0.306. The van der Waals surface area contributed by atoms with Crippen LogP contribution in [-0.2, 0) is 13.2 Å². The summed E-state index contributed by atoms with van der Waals surface area (Å²) in [6.45, 7) is 1.05. The number of nitrogens with zero attached hydrogens (tertiary/aromatic N) is 5. The Bertz CT molecular complexity index is 1470. The van der Waals surface area contributed by atoms with Crippen LogP contribution >= 0.6 is 0 Å². The first-order valence-corrected chi connectivity index (χ1v) is 12.1. The lowest BCUT2D eigenvalue weighted by atomic mass is 10.2. The Kier molecular flexibility index (Phi) is 8.13. The van der Waals surface area contributed by atoms with Crippen molar-refractivity contribution in [3.05, 3.63) is 138 Å². The van der Waals surface area contributed by atoms with Crippen LogP contribution in [0.25, 0.3) is 0 Å². The molecule has 0 aliphatic carbocycles. The van der Waals surface area contributed by atoms with Crippen LogP contribution in [0.3, 0.4) is 0 Å². The summed E-state index contributed by atoms with van der Waals surface area (Å²) >= 11 is 0. The molecule has 1 aromatic heterocycles. The largest absolute Gasteiger partial charge is 0.489 e. The van der Waals surface area contributed by atoms with Gasteiger partial charge in [0.2, 0.25) is 0 Å². The standard InChI is InChI=1S/C30H26N6O2/c1-3-7-26(8-4-1)21-37-28-15-11-24(12-16-28)19-31-34-30-35-32-23-36(30)33-20-25-13-17-29(18-14-25)38-22-27-9-5-2-6-10-27/h1-20,23H,21-22H2,(H,34,35)/b31-19+,33-20+. The molecule has 0 aliphatic rings. The Labute approximate surface area is 220 Å². The zero-order valence-corrected chi connectivity index (χ0v) is 20.6. The third kappa shape index (κ3) is 7.14. The number of aromatic nitrogens is 3. The van der Waals surface area contributed by atoms with Gasteiger partial charge in [0.15, 0.2) is 0 Å². The molecule has 0 saturated heterocycles. The van der Waals surface area contributed by atoms with Crippen molar-refractivity contribution in [3.63, 3.8) is 0 Å². The van der Waals surface area contributed by atoms with Crippen LogP contribution in [0.5, 0.6) is 11.5 Å². The van der Waals surface area contributed by atoms with Crippen molar-refractivity contribution in [3.8, 4) is 11.5 Å². The van der Waals surface area contributed by atoms with Gasteiger partial charge in [0.1, 0.15) is 31.0 Å². The van der Waals surface area contributed by atoms with E-state index in [2.05, 4.69) is 25.8 Å². The van der Waals surface area contributed by atoms with E-state index in [4.69, 9.17) is 9.47 Å². The molecule has 5 aromatic rings. The summed E-state index contributed by atoms with van der Waals surface area (Å²) < 4.78 is 13.2. The average Bonchev–Trinajstić information content (AvgIpc) is 3.43. The van der Waals surface area contributed by atoms with E-state index in [0.29, 0.717) is 19.2 Å². The number of hydrogen-bond donors (Lipinski definition) is 1. The Morgan fingerprint density at radius 3 is 1.74 bits per heavy atom. The molecule has 0 fully saturated rings. The highest BCUT2D eigenvalue weighted by Gasteiger charge is 2.01. The van der Waals surface area contributed by atoms with Crippen molar-refractivity contribution in [2.24, 2.45) is 10.2 Å². The minimum absolute atomic E-state index is 0.392. The highest BCUT2D eigenvalue weighted by atomic mass is 16.5. The third-order valence-electron chi connectivity index (χ3n) is 5.50. The van der Waals surface area contributed by atoms with Gasteiger partial charge in [-0.15, -0.1) is 10.2 Å². The van der Waals surface area contributed by atoms with Crippen molar-refractivity contribution in [2.45, 2.75) is 13.2 Å². The van der Waals surface area contributed by atoms with E-state index in [1.165, 1.54) is 11.0 Å². The summed E-state index contributed by atoms with van der Waals surface area (Å²) in [5.74, 6) is 1.98. The summed E-state index contributed by atoms with van der Waals surface area (Å²) in [5.41, 5.74) is 6.94. The molecule has 0 atom stereocenters. The highest BCUT2D eigenvalue weighted by Crippen LogP contribution is 2.15. The summed E-state index contributed by atoms with van der Waals surface area (Å²) in [6.07, 6.45) is 4.91. The number of ether oxygens (including phenoxy) is 2. The topological polar surface area (TPSA) is 85.9 Å². The predicted molar refractivity (Wildman–Crippen MR) is 149 cm³/mol. The van der Waals surface area contributed by atoms with Crippen LogP contribution < -0.4 is 14.9 Å². The van der Waals surface area contributed by atoms with Gasteiger partial charge >= 0.3 is 0 Å². The number of benzene rings is 4. The fraction of sp³-hybridized carbons (Fsp3) is 0.0667. The number of hydrazone groups is 1. The molecule has 0 saturated carbocycles. The van der Waals surface area contributed by atoms with Crippen LogP contribution in [0.4, 0.5) is 5.95 Å². The molecule has 0 aliphatic heterocycles. The van der Waals surface area contributed by atoms with Crippen molar-refractivity contribution in [1.82, 2.24) is 14.9 Å². The number of nitrogens with one attached hydrogen (secondary N) is 1. The quantitative estimate of drug-likeness (QED) is 0.183. The Hall–Kier alpha value is -5.24. The number of rotatable bonds is 11. The Morgan fingerprint density at radius 1 is 0.658 bits per heavy atom. The van der Waals surface area contributed by atoms with Gasteiger partial charge in [0.25, 0.3) is 5.95 Å². The van der Waals surface area contributed by atoms with Gasteiger partial charge in [-0.25, -0.2) is 5.43 Å². The molecule has 8 nitrogen and oxygen atoms in total. The van der Waals surface area contributed by atoms with Crippen LogP contribution in [-0.4, -0.2) is 27.3 Å². The van der Waals surface area contributed by atoms with Gasteiger partial charge in [-0.1, -0.05) is 60.7 Å². The molecule has 0 spiro atoms. The van der Waals surface area contributed by atoms with Gasteiger partial charge < -0.3 is 9.47 Å². The first-order chi connectivity index (χ1) is 18.8.